The fraction of sp³-hybridized carbons (Fsp3) is 0.143. The monoisotopic (exact) mass is 423 g/mol. The normalized spacial score (nSPS) is 9.60. The van der Waals surface area contributed by atoms with Gasteiger partial charge in [-0.15, -0.1) is 0 Å². The average molecular weight is 424 g/mol. The molecule has 126 valence electrons. The van der Waals surface area contributed by atoms with Gasteiger partial charge >= 0.3 is 29.6 Å². The minimum atomic E-state index is -0.946. The molecule has 0 bridgehead atoms. The van der Waals surface area contributed by atoms with Gasteiger partial charge in [0.05, 0.1) is 7.92 Å². The summed E-state index contributed by atoms with van der Waals surface area (Å²) in [6.07, 6.45) is 0. The van der Waals surface area contributed by atoms with Crippen molar-refractivity contribution in [2.45, 2.75) is 20.8 Å². The van der Waals surface area contributed by atoms with Crippen LogP contribution in [0.5, 0.6) is 0 Å². The fourth-order valence-corrected chi connectivity index (χ4v) is 5.73. The number of halogens is 1. The van der Waals surface area contributed by atoms with Gasteiger partial charge in [-0.25, -0.2) is 0 Å². The molecule has 0 aliphatic rings. The molecule has 3 aromatic rings. The molecule has 0 unspecified atom stereocenters. The molecular formula is C21H24BrNNaP. The standard InChI is InChI=1S/C21H21P.BrH.H2N.Na/c1-16-14-15-21(18(3)17(16)2)22(19-10-6-4-7-11-19)20-12-8-5-9-13-20;;;/h4-15H,1-3H3;1H;1H2;/q;;-1;+1. The van der Waals surface area contributed by atoms with E-state index < -0.39 is 7.92 Å². The third-order valence-corrected chi connectivity index (χ3v) is 7.35. The van der Waals surface area contributed by atoms with Crippen molar-refractivity contribution in [1.29, 1.82) is 0 Å². The van der Waals surface area contributed by atoms with Crippen LogP contribution in [-0.4, -0.2) is 0 Å². The third-order valence-electron chi connectivity index (χ3n) is 4.45. The van der Waals surface area contributed by atoms with Crippen LogP contribution in [0, 0.1) is 20.8 Å². The summed E-state index contributed by atoms with van der Waals surface area (Å²) in [5.41, 5.74) is 4.25. The molecule has 4 heteroatoms. The van der Waals surface area contributed by atoms with E-state index in [1.807, 2.05) is 0 Å². The maximum absolute atomic E-state index is 2.34. The Labute approximate surface area is 185 Å². The summed E-state index contributed by atoms with van der Waals surface area (Å²) in [4.78, 5) is 0. The van der Waals surface area contributed by atoms with Crippen LogP contribution in [0.2, 0.25) is 0 Å². The van der Waals surface area contributed by atoms with Crippen molar-refractivity contribution in [2.24, 2.45) is 0 Å². The summed E-state index contributed by atoms with van der Waals surface area (Å²) in [7, 11) is -0.946. The van der Waals surface area contributed by atoms with Crippen LogP contribution in [0.3, 0.4) is 0 Å². The zero-order valence-electron chi connectivity index (χ0n) is 15.4. The first kappa shape index (κ1) is 24.5. The SMILES string of the molecule is Cc1ccc([PH+](c2ccccc2)c2ccccc2)c(C)c1C.[Br-].[NH2-].[Na+]. The van der Waals surface area contributed by atoms with E-state index in [2.05, 4.69) is 93.6 Å². The van der Waals surface area contributed by atoms with Crippen molar-refractivity contribution < 1.29 is 46.5 Å². The zero-order valence-corrected chi connectivity index (χ0v) is 20.0. The Balaban J connectivity index is 0.00000192. The number of nitrogens with two attached hydrogens (primary N) is 1. The van der Waals surface area contributed by atoms with Crippen LogP contribution in [0.15, 0.2) is 72.8 Å². The van der Waals surface area contributed by atoms with Crippen molar-refractivity contribution in [2.75, 3.05) is 0 Å². The Morgan fingerprint density at radius 1 is 0.600 bits per heavy atom. The zero-order chi connectivity index (χ0) is 15.5. The first-order valence-corrected chi connectivity index (χ1v) is 9.23. The molecule has 3 aromatic carbocycles. The quantitative estimate of drug-likeness (QED) is 0.375. The van der Waals surface area contributed by atoms with E-state index in [4.69, 9.17) is 0 Å². The molecule has 0 amide bonds. The summed E-state index contributed by atoms with van der Waals surface area (Å²) < 4.78 is 0. The van der Waals surface area contributed by atoms with Gasteiger partial charge in [0.15, 0.2) is 0 Å². The Hall–Kier alpha value is -0.470. The average Bonchev–Trinajstić information content (AvgIpc) is 2.57. The molecule has 0 fully saturated rings. The van der Waals surface area contributed by atoms with Gasteiger partial charge in [0, 0.05) is 0 Å². The molecule has 2 N–H and O–H groups in total. The molecule has 0 atom stereocenters. The van der Waals surface area contributed by atoms with E-state index in [9.17, 15) is 0 Å². The van der Waals surface area contributed by atoms with Gasteiger partial charge in [-0.2, -0.15) is 0 Å². The molecule has 0 aliphatic heterocycles. The van der Waals surface area contributed by atoms with Gasteiger partial charge in [-0.3, -0.25) is 0 Å². The third kappa shape index (κ3) is 5.50. The van der Waals surface area contributed by atoms with Crippen LogP contribution in [0.25, 0.3) is 6.15 Å². The van der Waals surface area contributed by atoms with E-state index in [0.717, 1.165) is 0 Å². The van der Waals surface area contributed by atoms with Gasteiger partial charge in [-0.05, 0) is 67.8 Å². The number of hydrogen-bond acceptors (Lipinski definition) is 0. The van der Waals surface area contributed by atoms with E-state index in [0.29, 0.717) is 0 Å². The maximum atomic E-state index is 2.34. The van der Waals surface area contributed by atoms with E-state index >= 15 is 0 Å². The van der Waals surface area contributed by atoms with Crippen molar-refractivity contribution in [3.63, 3.8) is 0 Å². The Kier molecular flexibility index (Phi) is 11.1. The molecule has 0 heterocycles. The predicted molar refractivity (Wildman–Crippen MR) is 106 cm³/mol. The molecule has 3 rings (SSSR count). The minimum absolute atomic E-state index is 0. The van der Waals surface area contributed by atoms with Gasteiger partial charge in [0.2, 0.25) is 0 Å². The first-order valence-electron chi connectivity index (χ1n) is 7.73. The number of hydrogen-bond donors (Lipinski definition) is 0. The summed E-state index contributed by atoms with van der Waals surface area (Å²) in [5.74, 6) is 0. The largest absolute Gasteiger partial charge is 1.00 e. The van der Waals surface area contributed by atoms with E-state index in [1.54, 1.807) is 0 Å². The van der Waals surface area contributed by atoms with Gasteiger partial charge in [-0.1, -0.05) is 42.5 Å². The second-order valence-electron chi connectivity index (χ2n) is 5.79. The molecule has 0 radical (unpaired) electrons. The predicted octanol–water partition coefficient (Wildman–Crippen LogP) is -1.17. The van der Waals surface area contributed by atoms with E-state index in [1.165, 1.54) is 32.6 Å². The van der Waals surface area contributed by atoms with Crippen LogP contribution in [-0.2, 0) is 0 Å². The van der Waals surface area contributed by atoms with Crippen LogP contribution >= 0.6 is 7.92 Å². The Morgan fingerprint density at radius 3 is 1.48 bits per heavy atom. The maximum Gasteiger partial charge on any atom is 1.00 e. The molecule has 25 heavy (non-hydrogen) atoms. The number of rotatable bonds is 3. The van der Waals surface area contributed by atoms with Crippen molar-refractivity contribution >= 4 is 23.8 Å². The van der Waals surface area contributed by atoms with Crippen LogP contribution in [0.1, 0.15) is 16.7 Å². The molecule has 1 nitrogen and oxygen atoms in total. The molecule has 0 aromatic heterocycles. The molecule has 0 saturated carbocycles. The van der Waals surface area contributed by atoms with E-state index in [-0.39, 0.29) is 52.7 Å². The summed E-state index contributed by atoms with van der Waals surface area (Å²) in [6.45, 7) is 6.71. The second-order valence-corrected chi connectivity index (χ2v) is 8.23. The summed E-state index contributed by atoms with van der Waals surface area (Å²) in [6, 6.07) is 26.5. The summed E-state index contributed by atoms with van der Waals surface area (Å²) >= 11 is 0. The van der Waals surface area contributed by atoms with Gasteiger partial charge < -0.3 is 23.1 Å². The molecular weight excluding hydrogens is 400 g/mol. The minimum Gasteiger partial charge on any atom is -1.00 e. The summed E-state index contributed by atoms with van der Waals surface area (Å²) in [5, 5.41) is 4.40. The van der Waals surface area contributed by atoms with Gasteiger partial charge in [0.1, 0.15) is 15.9 Å². The second kappa shape index (κ2) is 11.3. The van der Waals surface area contributed by atoms with Crippen LogP contribution in [0.4, 0.5) is 0 Å². The van der Waals surface area contributed by atoms with Crippen molar-refractivity contribution in [3.05, 3.63) is 95.6 Å². The number of benzene rings is 3. The molecule has 0 aliphatic carbocycles. The molecule has 0 saturated heterocycles. The van der Waals surface area contributed by atoms with Crippen molar-refractivity contribution in [3.8, 4) is 0 Å². The smallest absolute Gasteiger partial charge is 1.00 e. The Bertz CT molecular complexity index is 739. The van der Waals surface area contributed by atoms with Crippen LogP contribution < -0.4 is 62.5 Å². The Morgan fingerprint density at radius 2 is 1.04 bits per heavy atom. The first-order chi connectivity index (χ1) is 10.7. The van der Waals surface area contributed by atoms with Crippen molar-refractivity contribution in [1.82, 2.24) is 0 Å². The molecule has 0 spiro atoms. The fourth-order valence-electron chi connectivity index (χ4n) is 2.91. The van der Waals surface area contributed by atoms with Gasteiger partial charge in [0.25, 0.3) is 0 Å². The topological polar surface area (TPSA) is 33.5 Å². The number of aryl methyl sites for hydroxylation is 1.